The summed E-state index contributed by atoms with van der Waals surface area (Å²) < 4.78 is 32.8. The average molecular weight is 456 g/mol. The number of phenolic OH excluding ortho intramolecular Hbond substituents is 1. The molecule has 0 saturated carbocycles. The summed E-state index contributed by atoms with van der Waals surface area (Å²) in [4.78, 5) is 10.6. The fourth-order valence-electron chi connectivity index (χ4n) is 2.71. The lowest BCUT2D eigenvalue weighted by Gasteiger charge is -2.10. The Bertz CT molecular complexity index is 1260. The number of phenols is 1. The smallest absolute Gasteiger partial charge is 0.295 e. The first-order valence-electron chi connectivity index (χ1n) is 9.24. The van der Waals surface area contributed by atoms with Crippen LogP contribution in [0, 0.1) is 10.1 Å². The van der Waals surface area contributed by atoms with Gasteiger partial charge in [-0.1, -0.05) is 0 Å². The van der Waals surface area contributed by atoms with Crippen LogP contribution in [0.2, 0.25) is 0 Å². The molecule has 3 aromatic rings. The second-order valence-corrected chi connectivity index (χ2v) is 8.31. The summed E-state index contributed by atoms with van der Waals surface area (Å²) >= 11 is 0. The van der Waals surface area contributed by atoms with E-state index in [-0.39, 0.29) is 22.0 Å². The standard InChI is InChI=1S/C21H20N4O6S/c1-14(15-3-7-17(26)8-4-15)22-23-20-12-11-19(13-21(20)25(27)28)32(29,30)24-16-5-9-18(31-2)10-6-16/h3-13,23-24,26H,1-2H3. The van der Waals surface area contributed by atoms with Gasteiger partial charge in [-0.25, -0.2) is 8.42 Å². The van der Waals surface area contributed by atoms with E-state index in [4.69, 9.17) is 4.74 Å². The summed E-state index contributed by atoms with van der Waals surface area (Å²) in [5, 5.41) is 25.0. The summed E-state index contributed by atoms with van der Waals surface area (Å²) in [7, 11) is -2.58. The van der Waals surface area contributed by atoms with E-state index >= 15 is 0 Å². The van der Waals surface area contributed by atoms with E-state index in [9.17, 15) is 23.6 Å². The van der Waals surface area contributed by atoms with Crippen molar-refractivity contribution in [2.45, 2.75) is 11.8 Å². The van der Waals surface area contributed by atoms with Crippen molar-refractivity contribution in [3.05, 3.63) is 82.4 Å². The van der Waals surface area contributed by atoms with Gasteiger partial charge >= 0.3 is 0 Å². The second kappa shape index (κ2) is 9.35. The third-order valence-corrected chi connectivity index (χ3v) is 5.83. The van der Waals surface area contributed by atoms with Crippen molar-refractivity contribution in [1.82, 2.24) is 0 Å². The highest BCUT2D eigenvalue weighted by atomic mass is 32.2. The maximum Gasteiger partial charge on any atom is 0.295 e. The van der Waals surface area contributed by atoms with Crippen LogP contribution in [-0.4, -0.2) is 31.3 Å². The number of anilines is 2. The monoisotopic (exact) mass is 456 g/mol. The van der Waals surface area contributed by atoms with Crippen molar-refractivity contribution in [3.8, 4) is 11.5 Å². The molecular weight excluding hydrogens is 436 g/mol. The molecule has 32 heavy (non-hydrogen) atoms. The third kappa shape index (κ3) is 5.32. The molecule has 0 atom stereocenters. The number of sulfonamides is 1. The molecule has 3 rings (SSSR count). The van der Waals surface area contributed by atoms with Crippen molar-refractivity contribution < 1.29 is 23.2 Å². The third-order valence-electron chi connectivity index (χ3n) is 4.45. The molecule has 166 valence electrons. The zero-order valence-corrected chi connectivity index (χ0v) is 18.0. The summed E-state index contributed by atoms with van der Waals surface area (Å²) in [6.07, 6.45) is 0. The van der Waals surface area contributed by atoms with Gasteiger partial charge in [0.1, 0.15) is 17.2 Å². The SMILES string of the molecule is COc1ccc(NS(=O)(=O)c2ccc(NN=C(C)c3ccc(O)cc3)c([N+](=O)[O-])c2)cc1. The molecule has 3 aromatic carbocycles. The topological polar surface area (TPSA) is 143 Å². The number of rotatable bonds is 8. The van der Waals surface area contributed by atoms with Crippen molar-refractivity contribution in [1.29, 1.82) is 0 Å². The van der Waals surface area contributed by atoms with E-state index in [0.717, 1.165) is 6.07 Å². The van der Waals surface area contributed by atoms with Crippen LogP contribution >= 0.6 is 0 Å². The number of nitrogens with zero attached hydrogens (tertiary/aromatic N) is 2. The molecule has 0 heterocycles. The minimum Gasteiger partial charge on any atom is -0.508 e. The number of hydrazone groups is 1. The number of nitro groups is 1. The molecule has 0 aromatic heterocycles. The van der Waals surface area contributed by atoms with Gasteiger partial charge < -0.3 is 9.84 Å². The number of aromatic hydroxyl groups is 1. The molecule has 0 amide bonds. The van der Waals surface area contributed by atoms with E-state index < -0.39 is 20.6 Å². The normalized spacial score (nSPS) is 11.6. The highest BCUT2D eigenvalue weighted by molar-refractivity contribution is 7.92. The molecule has 0 fully saturated rings. The van der Waals surface area contributed by atoms with Gasteiger partial charge in [0.15, 0.2) is 0 Å². The van der Waals surface area contributed by atoms with Crippen molar-refractivity contribution in [2.24, 2.45) is 5.10 Å². The molecule has 0 bridgehead atoms. The number of hydrogen-bond acceptors (Lipinski definition) is 8. The van der Waals surface area contributed by atoms with Gasteiger partial charge in [0.2, 0.25) is 0 Å². The average Bonchev–Trinajstić information content (AvgIpc) is 2.78. The zero-order chi connectivity index (χ0) is 23.3. The van der Waals surface area contributed by atoms with E-state index in [1.165, 1.54) is 43.5 Å². The lowest BCUT2D eigenvalue weighted by Crippen LogP contribution is -2.13. The van der Waals surface area contributed by atoms with Gasteiger partial charge in [-0.05, 0) is 73.2 Å². The molecule has 3 N–H and O–H groups in total. The van der Waals surface area contributed by atoms with Crippen LogP contribution in [0.15, 0.2) is 76.7 Å². The zero-order valence-electron chi connectivity index (χ0n) is 17.1. The first kappa shape index (κ1) is 22.6. The van der Waals surface area contributed by atoms with Crippen molar-refractivity contribution in [2.75, 3.05) is 17.3 Å². The summed E-state index contributed by atoms with van der Waals surface area (Å²) in [6.45, 7) is 1.68. The van der Waals surface area contributed by atoms with E-state index in [1.807, 2.05) is 0 Å². The van der Waals surface area contributed by atoms with Gasteiger partial charge in [-0.15, -0.1) is 0 Å². The molecule has 0 aliphatic heterocycles. The minimum atomic E-state index is -4.07. The van der Waals surface area contributed by atoms with Crippen LogP contribution in [0.5, 0.6) is 11.5 Å². The summed E-state index contributed by atoms with van der Waals surface area (Å²) in [6, 6.07) is 15.9. The molecule has 0 aliphatic rings. The van der Waals surface area contributed by atoms with Gasteiger partial charge in [-0.3, -0.25) is 20.3 Å². The molecule has 0 unspecified atom stereocenters. The number of methoxy groups -OCH3 is 1. The Hall–Kier alpha value is -4.12. The predicted octanol–water partition coefficient (Wildman–Crippen LogP) is 3.95. The van der Waals surface area contributed by atoms with Gasteiger partial charge in [0.25, 0.3) is 15.7 Å². The predicted molar refractivity (Wildman–Crippen MR) is 121 cm³/mol. The van der Waals surface area contributed by atoms with Gasteiger partial charge in [-0.2, -0.15) is 5.10 Å². The summed E-state index contributed by atoms with van der Waals surface area (Å²) in [5.74, 6) is 0.660. The van der Waals surface area contributed by atoms with Crippen LogP contribution in [0.1, 0.15) is 12.5 Å². The molecule has 10 nitrogen and oxygen atoms in total. The Balaban J connectivity index is 1.85. The quantitative estimate of drug-likeness (QED) is 0.264. The molecular formula is C21H20N4O6S. The fraction of sp³-hybridized carbons (Fsp3) is 0.0952. The van der Waals surface area contributed by atoms with E-state index in [1.54, 1.807) is 31.2 Å². The van der Waals surface area contributed by atoms with Crippen molar-refractivity contribution in [3.63, 3.8) is 0 Å². The maximum atomic E-state index is 12.7. The Kier molecular flexibility index (Phi) is 6.59. The van der Waals surface area contributed by atoms with E-state index in [0.29, 0.717) is 17.0 Å². The molecule has 0 radical (unpaired) electrons. The number of hydrogen-bond donors (Lipinski definition) is 3. The highest BCUT2D eigenvalue weighted by Gasteiger charge is 2.21. The second-order valence-electron chi connectivity index (χ2n) is 6.63. The van der Waals surface area contributed by atoms with Crippen LogP contribution in [-0.2, 0) is 10.0 Å². The van der Waals surface area contributed by atoms with Crippen LogP contribution in [0.25, 0.3) is 0 Å². The molecule has 0 saturated heterocycles. The lowest BCUT2D eigenvalue weighted by molar-refractivity contribution is -0.384. The maximum absolute atomic E-state index is 12.7. The fourth-order valence-corrected chi connectivity index (χ4v) is 3.79. The molecule has 0 aliphatic carbocycles. The van der Waals surface area contributed by atoms with Gasteiger partial charge in [0.05, 0.1) is 22.6 Å². The summed E-state index contributed by atoms with van der Waals surface area (Å²) in [5.41, 5.74) is 3.66. The van der Waals surface area contributed by atoms with E-state index in [2.05, 4.69) is 15.2 Å². The Morgan fingerprint density at radius 2 is 1.72 bits per heavy atom. The van der Waals surface area contributed by atoms with Gasteiger partial charge in [0, 0.05) is 11.8 Å². The Labute approximate surface area is 184 Å². The largest absolute Gasteiger partial charge is 0.508 e. The van der Waals surface area contributed by atoms with Crippen LogP contribution < -0.4 is 14.9 Å². The van der Waals surface area contributed by atoms with Crippen LogP contribution in [0.4, 0.5) is 17.1 Å². The Morgan fingerprint density at radius 1 is 1.06 bits per heavy atom. The van der Waals surface area contributed by atoms with Crippen LogP contribution in [0.3, 0.4) is 0 Å². The number of nitro benzene ring substituents is 1. The lowest BCUT2D eigenvalue weighted by atomic mass is 10.1. The molecule has 0 spiro atoms. The first-order chi connectivity index (χ1) is 15.2. The number of nitrogens with one attached hydrogen (secondary N) is 2. The first-order valence-corrected chi connectivity index (χ1v) is 10.7. The molecule has 11 heteroatoms. The Morgan fingerprint density at radius 3 is 2.31 bits per heavy atom. The van der Waals surface area contributed by atoms with Crippen molar-refractivity contribution >= 4 is 32.8 Å². The number of benzene rings is 3. The highest BCUT2D eigenvalue weighted by Crippen LogP contribution is 2.29. The number of ether oxygens (including phenoxy) is 1. The minimum absolute atomic E-state index is 0.0246.